The van der Waals surface area contributed by atoms with Gasteiger partial charge in [-0.2, -0.15) is 0 Å². The summed E-state index contributed by atoms with van der Waals surface area (Å²) in [6.07, 6.45) is 1.51. The molecule has 1 N–H and O–H groups in total. The van der Waals surface area contributed by atoms with Gasteiger partial charge >= 0.3 is 5.97 Å². The molecule has 0 unspecified atom stereocenters. The second-order valence-electron chi connectivity index (χ2n) is 4.14. The Morgan fingerprint density at radius 1 is 1.35 bits per heavy atom. The van der Waals surface area contributed by atoms with Crippen LogP contribution in [-0.2, 0) is 9.53 Å². The van der Waals surface area contributed by atoms with E-state index in [2.05, 4.69) is 15.0 Å². The number of methoxy groups -OCH3 is 1. The summed E-state index contributed by atoms with van der Waals surface area (Å²) in [5.74, 6) is -1.15. The van der Waals surface area contributed by atoms with Gasteiger partial charge in [-0.3, -0.25) is 14.6 Å². The Balaban J connectivity index is 2.08. The van der Waals surface area contributed by atoms with E-state index >= 15 is 0 Å². The molecule has 0 spiro atoms. The highest BCUT2D eigenvalue weighted by molar-refractivity contribution is 5.97. The predicted molar refractivity (Wildman–Crippen MR) is 70.7 cm³/mol. The van der Waals surface area contributed by atoms with Crippen molar-refractivity contribution in [1.82, 2.24) is 10.3 Å². The van der Waals surface area contributed by atoms with Crippen molar-refractivity contribution in [2.45, 2.75) is 6.42 Å². The largest absolute Gasteiger partial charge is 0.469 e. The molecule has 1 amide bonds. The molecule has 0 aliphatic carbocycles. The van der Waals surface area contributed by atoms with Crippen molar-refractivity contribution in [1.29, 1.82) is 0 Å². The first-order chi connectivity index (χ1) is 9.60. The molecule has 0 bridgehead atoms. The van der Waals surface area contributed by atoms with Crippen LogP contribution >= 0.6 is 0 Å². The highest BCUT2D eigenvalue weighted by Crippen LogP contribution is 2.14. The molecule has 0 saturated heterocycles. The van der Waals surface area contributed by atoms with E-state index in [1.807, 2.05) is 0 Å². The fourth-order valence-corrected chi connectivity index (χ4v) is 1.71. The minimum absolute atomic E-state index is 0.0951. The molecule has 6 heteroatoms. The number of esters is 1. The monoisotopic (exact) mass is 276 g/mol. The highest BCUT2D eigenvalue weighted by Gasteiger charge is 2.08. The summed E-state index contributed by atoms with van der Waals surface area (Å²) < 4.78 is 17.6. The van der Waals surface area contributed by atoms with E-state index in [9.17, 15) is 14.0 Å². The van der Waals surface area contributed by atoms with Crippen LogP contribution in [-0.4, -0.2) is 30.5 Å². The zero-order valence-corrected chi connectivity index (χ0v) is 10.9. The van der Waals surface area contributed by atoms with Crippen LogP contribution in [0.2, 0.25) is 0 Å². The van der Waals surface area contributed by atoms with Crippen molar-refractivity contribution < 1.29 is 18.7 Å². The van der Waals surface area contributed by atoms with E-state index in [0.29, 0.717) is 16.5 Å². The number of amides is 1. The molecule has 1 heterocycles. The molecule has 0 radical (unpaired) electrons. The Kier molecular flexibility index (Phi) is 4.24. The molecule has 2 aromatic rings. The molecular weight excluding hydrogens is 263 g/mol. The fourth-order valence-electron chi connectivity index (χ4n) is 1.71. The SMILES string of the molecule is COC(=O)CCNC(=O)c1cnc2ccc(F)cc2c1. The summed E-state index contributed by atoms with van der Waals surface area (Å²) in [6.45, 7) is 0.173. The van der Waals surface area contributed by atoms with Gasteiger partial charge in [-0.1, -0.05) is 0 Å². The Bertz CT molecular complexity index is 658. The van der Waals surface area contributed by atoms with Gasteiger partial charge in [0.05, 0.1) is 24.6 Å². The molecular formula is C14H13FN2O3. The molecule has 20 heavy (non-hydrogen) atoms. The number of ether oxygens (including phenoxy) is 1. The smallest absolute Gasteiger partial charge is 0.307 e. The summed E-state index contributed by atoms with van der Waals surface area (Å²) >= 11 is 0. The molecule has 0 aliphatic heterocycles. The van der Waals surface area contributed by atoms with Gasteiger partial charge in [0.1, 0.15) is 5.82 Å². The average Bonchev–Trinajstić information content (AvgIpc) is 2.46. The standard InChI is InChI=1S/C14H13FN2O3/c1-20-13(18)4-5-16-14(19)10-6-9-7-11(15)2-3-12(9)17-8-10/h2-3,6-8H,4-5H2,1H3,(H,16,19). The van der Waals surface area contributed by atoms with Gasteiger partial charge in [0.2, 0.25) is 0 Å². The molecule has 0 fully saturated rings. The minimum atomic E-state index is -0.399. The second-order valence-corrected chi connectivity index (χ2v) is 4.14. The molecule has 5 nitrogen and oxygen atoms in total. The molecule has 0 atom stereocenters. The second kappa shape index (κ2) is 6.10. The van der Waals surface area contributed by atoms with E-state index in [4.69, 9.17) is 0 Å². The van der Waals surface area contributed by atoms with Crippen molar-refractivity contribution in [2.24, 2.45) is 0 Å². The van der Waals surface area contributed by atoms with Crippen molar-refractivity contribution in [2.75, 3.05) is 13.7 Å². The van der Waals surface area contributed by atoms with Crippen molar-refractivity contribution in [3.8, 4) is 0 Å². The maximum Gasteiger partial charge on any atom is 0.307 e. The number of carbonyl (C=O) groups excluding carboxylic acids is 2. The summed E-state index contributed by atoms with van der Waals surface area (Å²) in [5.41, 5.74) is 0.922. The summed E-state index contributed by atoms with van der Waals surface area (Å²) in [5, 5.41) is 3.12. The minimum Gasteiger partial charge on any atom is -0.469 e. The van der Waals surface area contributed by atoms with Crippen LogP contribution in [0.3, 0.4) is 0 Å². The molecule has 104 valence electrons. The topological polar surface area (TPSA) is 68.3 Å². The lowest BCUT2D eigenvalue weighted by molar-refractivity contribution is -0.140. The van der Waals surface area contributed by atoms with Gasteiger partial charge in [-0.25, -0.2) is 4.39 Å². The Morgan fingerprint density at radius 2 is 2.15 bits per heavy atom. The van der Waals surface area contributed by atoms with Crippen LogP contribution in [0.25, 0.3) is 10.9 Å². The molecule has 2 rings (SSSR count). The van der Waals surface area contributed by atoms with Crippen LogP contribution in [0.4, 0.5) is 4.39 Å². The first kappa shape index (κ1) is 13.9. The van der Waals surface area contributed by atoms with E-state index in [1.165, 1.54) is 25.4 Å². The third kappa shape index (κ3) is 3.28. The Hall–Kier alpha value is -2.50. The lowest BCUT2D eigenvalue weighted by atomic mass is 10.1. The number of fused-ring (bicyclic) bond motifs is 1. The number of hydrogen-bond acceptors (Lipinski definition) is 4. The molecule has 1 aromatic carbocycles. The lowest BCUT2D eigenvalue weighted by Gasteiger charge is -2.05. The van der Waals surface area contributed by atoms with Gasteiger partial charge in [-0.15, -0.1) is 0 Å². The van der Waals surface area contributed by atoms with Gasteiger partial charge in [0.25, 0.3) is 5.91 Å². The summed E-state index contributed by atoms with van der Waals surface area (Å²) in [7, 11) is 1.28. The number of nitrogens with zero attached hydrogens (tertiary/aromatic N) is 1. The normalized spacial score (nSPS) is 10.3. The predicted octanol–water partition coefficient (Wildman–Crippen LogP) is 1.67. The van der Waals surface area contributed by atoms with Crippen molar-refractivity contribution in [3.05, 3.63) is 41.8 Å². The van der Waals surface area contributed by atoms with Crippen LogP contribution in [0.1, 0.15) is 16.8 Å². The zero-order chi connectivity index (χ0) is 14.5. The number of halogens is 1. The molecule has 0 saturated carbocycles. The van der Waals surface area contributed by atoms with Gasteiger partial charge < -0.3 is 10.1 Å². The molecule has 1 aromatic heterocycles. The van der Waals surface area contributed by atoms with E-state index in [1.54, 1.807) is 12.1 Å². The van der Waals surface area contributed by atoms with Crippen molar-refractivity contribution in [3.63, 3.8) is 0 Å². The van der Waals surface area contributed by atoms with Crippen molar-refractivity contribution >= 4 is 22.8 Å². The van der Waals surface area contributed by atoms with Crippen LogP contribution < -0.4 is 5.32 Å². The maximum atomic E-state index is 13.1. The van der Waals surface area contributed by atoms with Crippen LogP contribution in [0, 0.1) is 5.82 Å². The number of carbonyl (C=O) groups is 2. The summed E-state index contributed by atoms with van der Waals surface area (Å²) in [6, 6.07) is 5.72. The number of pyridine rings is 1. The lowest BCUT2D eigenvalue weighted by Crippen LogP contribution is -2.26. The zero-order valence-electron chi connectivity index (χ0n) is 10.9. The quantitative estimate of drug-likeness (QED) is 0.862. The number of hydrogen-bond donors (Lipinski definition) is 1. The first-order valence-corrected chi connectivity index (χ1v) is 6.00. The average molecular weight is 276 g/mol. The van der Waals surface area contributed by atoms with Crippen LogP contribution in [0.5, 0.6) is 0 Å². The maximum absolute atomic E-state index is 13.1. The van der Waals surface area contributed by atoms with Gasteiger partial charge in [-0.05, 0) is 24.3 Å². The van der Waals surface area contributed by atoms with Gasteiger partial charge in [0.15, 0.2) is 0 Å². The van der Waals surface area contributed by atoms with E-state index in [0.717, 1.165) is 0 Å². The third-order valence-corrected chi connectivity index (χ3v) is 2.75. The third-order valence-electron chi connectivity index (χ3n) is 2.75. The molecule has 0 aliphatic rings. The number of rotatable bonds is 4. The fraction of sp³-hybridized carbons (Fsp3) is 0.214. The Labute approximate surface area is 114 Å². The number of aromatic nitrogens is 1. The number of benzene rings is 1. The Morgan fingerprint density at radius 3 is 2.90 bits per heavy atom. The first-order valence-electron chi connectivity index (χ1n) is 6.00. The van der Waals surface area contributed by atoms with Gasteiger partial charge in [0, 0.05) is 18.1 Å². The van der Waals surface area contributed by atoms with Crippen LogP contribution in [0.15, 0.2) is 30.5 Å². The highest BCUT2D eigenvalue weighted by atomic mass is 19.1. The van der Waals surface area contributed by atoms with E-state index in [-0.39, 0.29) is 24.7 Å². The summed E-state index contributed by atoms with van der Waals surface area (Å²) in [4.78, 5) is 26.8. The number of nitrogens with one attached hydrogen (secondary N) is 1. The van der Waals surface area contributed by atoms with E-state index < -0.39 is 5.97 Å².